The molecule has 5 rings (SSSR count). The van der Waals surface area contributed by atoms with Crippen LogP contribution in [0.4, 0.5) is 5.69 Å². The van der Waals surface area contributed by atoms with Crippen molar-refractivity contribution >= 4 is 34.4 Å². The molecule has 0 aliphatic carbocycles. The molecule has 0 unspecified atom stereocenters. The fraction of sp³-hybridized carbons (Fsp3) is 0.185. The molecule has 3 aromatic rings. The number of hydrogen-bond donors (Lipinski definition) is 0. The Hall–Kier alpha value is -3.09. The summed E-state index contributed by atoms with van der Waals surface area (Å²) in [6, 6.07) is 29.4. The second-order valence-corrected chi connectivity index (χ2v) is 9.38. The molecule has 1 fully saturated rings. The van der Waals surface area contributed by atoms with Gasteiger partial charge < -0.3 is 4.90 Å². The molecule has 31 heavy (non-hydrogen) atoms. The Morgan fingerprint density at radius 2 is 1.58 bits per heavy atom. The van der Waals surface area contributed by atoms with E-state index in [0.717, 1.165) is 31.5 Å². The molecule has 4 heteroatoms. The van der Waals surface area contributed by atoms with Crippen molar-refractivity contribution in [2.24, 2.45) is 5.41 Å². The molecule has 2 heterocycles. The number of anilines is 1. The molecule has 3 nitrogen and oxygen atoms in total. The van der Waals surface area contributed by atoms with E-state index in [4.69, 9.17) is 0 Å². The Morgan fingerprint density at radius 3 is 2.29 bits per heavy atom. The van der Waals surface area contributed by atoms with Gasteiger partial charge in [0.2, 0.25) is 0 Å². The number of benzene rings is 3. The Labute approximate surface area is 196 Å². The molecule has 2 aliphatic rings. The van der Waals surface area contributed by atoms with Crippen LogP contribution in [0.1, 0.15) is 34.2 Å². The van der Waals surface area contributed by atoms with Crippen molar-refractivity contribution in [3.05, 3.63) is 105 Å². The number of rotatable bonds is 2. The van der Waals surface area contributed by atoms with Gasteiger partial charge in [-0.05, 0) is 58.3 Å². The summed E-state index contributed by atoms with van der Waals surface area (Å²) in [4.78, 5) is 2.31. The van der Waals surface area contributed by atoms with Crippen molar-refractivity contribution in [3.63, 3.8) is 0 Å². The lowest BCUT2D eigenvalue weighted by Crippen LogP contribution is -2.39. The number of para-hydroxylation sites is 1. The van der Waals surface area contributed by atoms with E-state index in [1.54, 1.807) is 0 Å². The Bertz CT molecular complexity index is 1250. The number of hydrogen-bond acceptors (Lipinski definition) is 3. The van der Waals surface area contributed by atoms with E-state index in [2.05, 4.69) is 101 Å². The molecular formula is C27H20IN3. The van der Waals surface area contributed by atoms with E-state index in [1.807, 2.05) is 30.3 Å². The Balaban J connectivity index is 1.84. The second kappa shape index (κ2) is 7.55. The van der Waals surface area contributed by atoms with Gasteiger partial charge in [0.05, 0.1) is 24.2 Å². The zero-order chi connectivity index (χ0) is 21.6. The van der Waals surface area contributed by atoms with Gasteiger partial charge in [-0.3, -0.25) is 0 Å². The van der Waals surface area contributed by atoms with Gasteiger partial charge in [0.15, 0.2) is 5.41 Å². The van der Waals surface area contributed by atoms with Gasteiger partial charge in [0.25, 0.3) is 0 Å². The molecule has 1 saturated heterocycles. The molecule has 0 spiro atoms. The van der Waals surface area contributed by atoms with Gasteiger partial charge in [0, 0.05) is 15.2 Å². The first-order chi connectivity index (χ1) is 15.1. The van der Waals surface area contributed by atoms with E-state index < -0.39 is 5.41 Å². The van der Waals surface area contributed by atoms with Crippen molar-refractivity contribution in [1.29, 1.82) is 10.5 Å². The normalized spacial score (nSPS) is 22.8. The van der Waals surface area contributed by atoms with Crippen LogP contribution in [0.5, 0.6) is 0 Å². The van der Waals surface area contributed by atoms with Crippen LogP contribution < -0.4 is 4.90 Å². The lowest BCUT2D eigenvalue weighted by molar-refractivity contribution is 0.443. The molecule has 3 aromatic carbocycles. The predicted molar refractivity (Wildman–Crippen MR) is 131 cm³/mol. The standard InChI is InChI=1S/C27H20IN3/c1-18-10-12-20(13-11-18)25-26(21-7-3-4-8-22(21)28)31-23-9-5-2-6-19(23)14-15-24(31)27(25,16-29)17-30/h2-15,24-26H,1H3/t24-,25-,26-/m1/s1. The van der Waals surface area contributed by atoms with E-state index in [0.29, 0.717) is 0 Å². The van der Waals surface area contributed by atoms with Gasteiger partial charge in [-0.2, -0.15) is 10.5 Å². The fourth-order valence-electron chi connectivity index (χ4n) is 5.15. The van der Waals surface area contributed by atoms with Crippen LogP contribution in [0.25, 0.3) is 6.08 Å². The SMILES string of the molecule is Cc1ccc([C@@H]2[C@@H](c3ccccc3I)N3c4ccccc4C=C[C@@H]3C2(C#N)C#N)cc1. The highest BCUT2D eigenvalue weighted by Crippen LogP contribution is 2.60. The number of nitriles is 2. The van der Waals surface area contributed by atoms with Crippen molar-refractivity contribution < 1.29 is 0 Å². The second-order valence-electron chi connectivity index (χ2n) is 8.22. The zero-order valence-corrected chi connectivity index (χ0v) is 19.2. The van der Waals surface area contributed by atoms with Crippen LogP contribution in [0.3, 0.4) is 0 Å². The molecule has 3 atom stereocenters. The zero-order valence-electron chi connectivity index (χ0n) is 17.0. The first-order valence-electron chi connectivity index (χ1n) is 10.3. The third kappa shape index (κ3) is 2.90. The largest absolute Gasteiger partial charge is 0.354 e. The predicted octanol–water partition coefficient (Wildman–Crippen LogP) is 6.37. The molecule has 0 aromatic heterocycles. The summed E-state index contributed by atoms with van der Waals surface area (Å²) >= 11 is 2.37. The maximum Gasteiger partial charge on any atom is 0.176 e. The molecule has 2 aliphatic heterocycles. The van der Waals surface area contributed by atoms with Crippen LogP contribution >= 0.6 is 22.6 Å². The van der Waals surface area contributed by atoms with E-state index >= 15 is 0 Å². The summed E-state index contributed by atoms with van der Waals surface area (Å²) in [5.41, 5.74) is 4.32. The van der Waals surface area contributed by atoms with Crippen LogP contribution in [-0.2, 0) is 0 Å². The highest BCUT2D eigenvalue weighted by atomic mass is 127. The van der Waals surface area contributed by atoms with Crippen molar-refractivity contribution in [3.8, 4) is 12.1 Å². The summed E-state index contributed by atoms with van der Waals surface area (Å²) in [5, 5.41) is 21.0. The van der Waals surface area contributed by atoms with E-state index in [1.165, 1.54) is 0 Å². The van der Waals surface area contributed by atoms with Crippen LogP contribution in [0.2, 0.25) is 0 Å². The maximum absolute atomic E-state index is 10.5. The van der Waals surface area contributed by atoms with Gasteiger partial charge in [-0.1, -0.05) is 78.4 Å². The Kier molecular flexibility index (Phi) is 4.84. The summed E-state index contributed by atoms with van der Waals surface area (Å²) in [6.07, 6.45) is 4.11. The molecule has 0 radical (unpaired) electrons. The third-order valence-electron chi connectivity index (χ3n) is 6.58. The minimum atomic E-state index is -1.21. The van der Waals surface area contributed by atoms with Crippen LogP contribution in [-0.4, -0.2) is 6.04 Å². The van der Waals surface area contributed by atoms with Crippen molar-refractivity contribution in [2.75, 3.05) is 4.90 Å². The van der Waals surface area contributed by atoms with Gasteiger partial charge in [-0.15, -0.1) is 0 Å². The van der Waals surface area contributed by atoms with Crippen LogP contribution in [0.15, 0.2) is 78.9 Å². The van der Waals surface area contributed by atoms with Crippen molar-refractivity contribution in [2.45, 2.75) is 24.9 Å². The maximum atomic E-state index is 10.5. The number of halogens is 1. The molecular weight excluding hydrogens is 493 g/mol. The fourth-order valence-corrected chi connectivity index (χ4v) is 5.85. The summed E-state index contributed by atoms with van der Waals surface area (Å²) < 4.78 is 1.14. The van der Waals surface area contributed by atoms with Gasteiger partial charge in [0.1, 0.15) is 0 Å². The summed E-state index contributed by atoms with van der Waals surface area (Å²) in [7, 11) is 0. The molecule has 0 N–H and O–H groups in total. The monoisotopic (exact) mass is 513 g/mol. The quantitative estimate of drug-likeness (QED) is 0.374. The first kappa shape index (κ1) is 19.8. The topological polar surface area (TPSA) is 50.8 Å². The highest BCUT2D eigenvalue weighted by molar-refractivity contribution is 14.1. The smallest absolute Gasteiger partial charge is 0.176 e. The van der Waals surface area contributed by atoms with Crippen LogP contribution in [0, 0.1) is 38.6 Å². The van der Waals surface area contributed by atoms with E-state index in [9.17, 15) is 10.5 Å². The Morgan fingerprint density at radius 1 is 0.903 bits per heavy atom. The minimum absolute atomic E-state index is 0.133. The number of nitrogens with zero attached hydrogens (tertiary/aromatic N) is 3. The lowest BCUT2D eigenvalue weighted by Gasteiger charge is -2.36. The van der Waals surface area contributed by atoms with Gasteiger partial charge in [-0.25, -0.2) is 0 Å². The molecule has 0 amide bonds. The van der Waals surface area contributed by atoms with Gasteiger partial charge >= 0.3 is 0 Å². The van der Waals surface area contributed by atoms with E-state index in [-0.39, 0.29) is 18.0 Å². The summed E-state index contributed by atoms with van der Waals surface area (Å²) in [6.45, 7) is 2.06. The summed E-state index contributed by atoms with van der Waals surface area (Å²) in [5.74, 6) is -0.292. The number of aryl methyl sites for hydroxylation is 1. The minimum Gasteiger partial charge on any atom is -0.354 e. The molecule has 150 valence electrons. The third-order valence-corrected chi connectivity index (χ3v) is 7.56. The lowest BCUT2D eigenvalue weighted by atomic mass is 9.69. The number of fused-ring (bicyclic) bond motifs is 3. The average molecular weight is 513 g/mol. The molecule has 0 saturated carbocycles. The highest BCUT2D eigenvalue weighted by Gasteiger charge is 2.61. The first-order valence-corrected chi connectivity index (χ1v) is 11.4. The van der Waals surface area contributed by atoms with Crippen molar-refractivity contribution in [1.82, 2.24) is 0 Å². The molecule has 0 bridgehead atoms. The average Bonchev–Trinajstić information content (AvgIpc) is 3.11.